The van der Waals surface area contributed by atoms with Crippen molar-refractivity contribution in [3.05, 3.63) is 93.4 Å². The summed E-state index contributed by atoms with van der Waals surface area (Å²) in [6.07, 6.45) is 3.01. The summed E-state index contributed by atoms with van der Waals surface area (Å²) in [5.41, 5.74) is 2.17. The molecule has 4 fully saturated rings. The molecule has 3 aliphatic heterocycles. The van der Waals surface area contributed by atoms with Crippen LogP contribution in [-0.4, -0.2) is 90.4 Å². The fourth-order valence-corrected chi connectivity index (χ4v) is 10.1. The molecule has 4 heterocycles. The average Bonchev–Trinajstić information content (AvgIpc) is 3.68. The molecule has 0 spiro atoms. The highest BCUT2D eigenvalue weighted by atomic mass is 35.5. The fourth-order valence-electron chi connectivity index (χ4n) is 9.89. The highest BCUT2D eigenvalue weighted by molar-refractivity contribution is 6.31. The molecule has 0 radical (unpaired) electrons. The number of carbonyl (C=O) groups is 3. The monoisotopic (exact) mass is 804 g/mol. The van der Waals surface area contributed by atoms with Gasteiger partial charge in [0, 0.05) is 97.5 Å². The number of nitrogens with one attached hydrogen (secondary N) is 2. The van der Waals surface area contributed by atoms with E-state index in [2.05, 4.69) is 76.3 Å². The molecule has 1 aromatic heterocycles. The number of anilines is 2. The van der Waals surface area contributed by atoms with Crippen molar-refractivity contribution in [1.82, 2.24) is 25.3 Å². The first kappa shape index (κ1) is 39.4. The molecule has 4 aliphatic rings. The summed E-state index contributed by atoms with van der Waals surface area (Å²) in [6.45, 7) is 15.0. The predicted molar refractivity (Wildman–Crippen MR) is 222 cm³/mol. The van der Waals surface area contributed by atoms with Gasteiger partial charge < -0.3 is 19.9 Å². The number of aromatic nitrogens is 2. The molecule has 0 bridgehead atoms. The number of piperidine rings is 1. The van der Waals surface area contributed by atoms with Crippen LogP contribution in [0.4, 0.5) is 11.4 Å². The van der Waals surface area contributed by atoms with Crippen LogP contribution in [0, 0.1) is 28.1 Å². The first-order chi connectivity index (χ1) is 27.7. The largest absolute Gasteiger partial charge is 0.489 e. The van der Waals surface area contributed by atoms with Crippen LogP contribution >= 0.6 is 11.6 Å². The lowest BCUT2D eigenvalue weighted by Crippen LogP contribution is -2.74. The Bertz CT molecular complexity index is 2350. The van der Waals surface area contributed by atoms with Crippen molar-refractivity contribution in [3.8, 4) is 11.8 Å². The van der Waals surface area contributed by atoms with E-state index in [0.717, 1.165) is 69.0 Å². The molecule has 8 rings (SSSR count). The summed E-state index contributed by atoms with van der Waals surface area (Å²) >= 11 is 6.26. The number of carbonyl (C=O) groups excluding carboxylic acids is 3. The van der Waals surface area contributed by atoms with Crippen molar-refractivity contribution in [2.75, 3.05) is 55.6 Å². The van der Waals surface area contributed by atoms with Gasteiger partial charge in [0.25, 0.3) is 17.4 Å². The third kappa shape index (κ3) is 7.39. The minimum Gasteiger partial charge on any atom is -0.489 e. The standard InChI is InChI=1S/C44H49ClN8O5/c1-43(2)41(44(3,4)42(43)58-33-11-7-29(23-46)35(45)22-33)49-38(55)28-5-8-31(9-6-28)52-16-15-27(26-52)25-50-17-19-51(20-18-50)32-10-12-34-30(21-32)24-47-53(40(34)57)36-13-14-37(54)48-39(36)56/h5-12,21-22,24,27,36,41-42H,13-20,25-26H2,1-4H3,(H,49,55)(H,48,54,56)/t27?,36-,41-,42-/m0/s1. The average molecular weight is 805 g/mol. The quantitative estimate of drug-likeness (QED) is 0.217. The van der Waals surface area contributed by atoms with Crippen LogP contribution < -0.4 is 30.7 Å². The first-order valence-electron chi connectivity index (χ1n) is 20.1. The number of nitrogens with zero attached hydrogens (tertiary/aromatic N) is 6. The van der Waals surface area contributed by atoms with Crippen molar-refractivity contribution < 1.29 is 19.1 Å². The Hall–Kier alpha value is -5.45. The second-order valence-corrected chi connectivity index (χ2v) is 17.8. The van der Waals surface area contributed by atoms with Gasteiger partial charge in [0.15, 0.2) is 0 Å². The molecule has 302 valence electrons. The van der Waals surface area contributed by atoms with Crippen LogP contribution in [0.15, 0.2) is 71.7 Å². The van der Waals surface area contributed by atoms with Crippen molar-refractivity contribution in [3.63, 3.8) is 0 Å². The highest BCUT2D eigenvalue weighted by Gasteiger charge is 2.64. The Balaban J connectivity index is 0.812. The summed E-state index contributed by atoms with van der Waals surface area (Å²) in [5, 5.41) is 20.7. The van der Waals surface area contributed by atoms with Crippen LogP contribution in [0.25, 0.3) is 10.8 Å². The van der Waals surface area contributed by atoms with E-state index in [1.54, 1.807) is 24.4 Å². The molecule has 1 saturated carbocycles. The van der Waals surface area contributed by atoms with Crippen LogP contribution in [0.5, 0.6) is 5.75 Å². The van der Waals surface area contributed by atoms with Gasteiger partial charge >= 0.3 is 0 Å². The maximum absolute atomic E-state index is 13.5. The van der Waals surface area contributed by atoms with Gasteiger partial charge in [-0.15, -0.1) is 0 Å². The lowest BCUT2D eigenvalue weighted by molar-refractivity contribution is -0.164. The lowest BCUT2D eigenvalue weighted by atomic mass is 9.49. The molecule has 1 aliphatic carbocycles. The first-order valence-corrected chi connectivity index (χ1v) is 20.5. The Morgan fingerprint density at radius 2 is 1.66 bits per heavy atom. The van der Waals surface area contributed by atoms with E-state index >= 15 is 0 Å². The lowest BCUT2D eigenvalue weighted by Gasteiger charge is -2.63. The number of imide groups is 1. The normalized spacial score (nSPS) is 24.2. The van der Waals surface area contributed by atoms with E-state index in [0.29, 0.717) is 33.2 Å². The third-order valence-electron chi connectivity index (χ3n) is 12.8. The smallest absolute Gasteiger partial charge is 0.275 e. The number of rotatable bonds is 9. The SMILES string of the molecule is CC1(C)[C@H](NC(=O)c2ccc(N3CCC(CN4CCN(c5ccc6c(=O)n([C@H]7CCC(=O)NC7=O)ncc6c5)CC4)C3)cc2)C(C)(C)[C@H]1Oc1ccc(C#N)c(Cl)c1. The maximum atomic E-state index is 13.5. The zero-order valence-corrected chi connectivity index (χ0v) is 34.1. The van der Waals surface area contributed by atoms with Crippen LogP contribution in [0.2, 0.25) is 5.02 Å². The molecule has 2 N–H and O–H groups in total. The summed E-state index contributed by atoms with van der Waals surface area (Å²) in [4.78, 5) is 58.0. The molecular formula is C44H49ClN8O5. The van der Waals surface area contributed by atoms with Crippen LogP contribution in [0.3, 0.4) is 0 Å². The minimum atomic E-state index is -0.785. The molecule has 3 saturated heterocycles. The minimum absolute atomic E-state index is 0.107. The van der Waals surface area contributed by atoms with E-state index in [4.69, 9.17) is 16.3 Å². The highest BCUT2D eigenvalue weighted by Crippen LogP contribution is 2.55. The number of piperazine rings is 1. The number of nitriles is 1. The van der Waals surface area contributed by atoms with E-state index in [-0.39, 0.29) is 53.2 Å². The van der Waals surface area contributed by atoms with E-state index in [9.17, 15) is 24.4 Å². The van der Waals surface area contributed by atoms with Gasteiger partial charge in [-0.05, 0) is 73.4 Å². The van der Waals surface area contributed by atoms with Crippen molar-refractivity contribution in [2.24, 2.45) is 16.7 Å². The number of ether oxygens (including phenoxy) is 1. The third-order valence-corrected chi connectivity index (χ3v) is 13.1. The van der Waals surface area contributed by atoms with Crippen molar-refractivity contribution in [2.45, 2.75) is 65.1 Å². The fraction of sp³-hybridized carbons (Fsp3) is 0.455. The Labute approximate surface area is 342 Å². The van der Waals surface area contributed by atoms with Gasteiger partial charge in [0.1, 0.15) is 24.0 Å². The summed E-state index contributed by atoms with van der Waals surface area (Å²) < 4.78 is 7.59. The molecule has 14 heteroatoms. The molecule has 13 nitrogen and oxygen atoms in total. The maximum Gasteiger partial charge on any atom is 0.275 e. The van der Waals surface area contributed by atoms with Gasteiger partial charge in [0.2, 0.25) is 5.91 Å². The second kappa shape index (κ2) is 15.4. The summed E-state index contributed by atoms with van der Waals surface area (Å²) in [5.74, 6) is 0.223. The molecule has 3 aromatic carbocycles. The zero-order valence-electron chi connectivity index (χ0n) is 33.3. The molecule has 58 heavy (non-hydrogen) atoms. The molecule has 4 aromatic rings. The van der Waals surface area contributed by atoms with Crippen LogP contribution in [-0.2, 0) is 9.59 Å². The van der Waals surface area contributed by atoms with Crippen molar-refractivity contribution in [1.29, 1.82) is 5.26 Å². The Morgan fingerprint density at radius 3 is 2.34 bits per heavy atom. The molecule has 3 amide bonds. The number of amides is 3. The summed E-state index contributed by atoms with van der Waals surface area (Å²) in [6, 6.07) is 20.0. The van der Waals surface area contributed by atoms with Gasteiger partial charge in [-0.3, -0.25) is 29.4 Å². The van der Waals surface area contributed by atoms with E-state index in [1.165, 1.54) is 4.68 Å². The van der Waals surface area contributed by atoms with E-state index in [1.807, 2.05) is 30.3 Å². The van der Waals surface area contributed by atoms with Gasteiger partial charge in [-0.2, -0.15) is 10.4 Å². The number of hydrogen-bond donors (Lipinski definition) is 2. The molecule has 2 atom stereocenters. The number of hydrogen-bond acceptors (Lipinski definition) is 10. The number of benzene rings is 3. The van der Waals surface area contributed by atoms with Crippen molar-refractivity contribution >= 4 is 51.5 Å². The van der Waals surface area contributed by atoms with Gasteiger partial charge in [0.05, 0.1) is 22.2 Å². The number of fused-ring (bicyclic) bond motifs is 1. The van der Waals surface area contributed by atoms with Crippen LogP contribution in [0.1, 0.15) is 68.9 Å². The topological polar surface area (TPSA) is 153 Å². The Kier molecular flexibility index (Phi) is 10.4. The zero-order chi connectivity index (χ0) is 40.9. The molecular weight excluding hydrogens is 756 g/mol. The summed E-state index contributed by atoms with van der Waals surface area (Å²) in [7, 11) is 0. The predicted octanol–water partition coefficient (Wildman–Crippen LogP) is 5.16. The van der Waals surface area contributed by atoms with Gasteiger partial charge in [-0.1, -0.05) is 39.3 Å². The van der Waals surface area contributed by atoms with Gasteiger partial charge in [-0.25, -0.2) is 4.68 Å². The molecule has 1 unspecified atom stereocenters. The number of halogens is 1. The second-order valence-electron chi connectivity index (χ2n) is 17.4. The van der Waals surface area contributed by atoms with E-state index < -0.39 is 11.9 Å². The Morgan fingerprint density at radius 1 is 0.931 bits per heavy atom.